The number of carbonyl (C=O) groups is 2. The quantitative estimate of drug-likeness (QED) is 0.799. The number of sulfone groups is 1. The van der Waals surface area contributed by atoms with Crippen molar-refractivity contribution < 1.29 is 18.0 Å². The summed E-state index contributed by atoms with van der Waals surface area (Å²) < 4.78 is 23.5. The van der Waals surface area contributed by atoms with Gasteiger partial charge in [-0.05, 0) is 38.3 Å². The average molecular weight is 378 g/mol. The minimum atomic E-state index is -3.05. The number of anilines is 1. The summed E-state index contributed by atoms with van der Waals surface area (Å²) in [4.78, 5) is 29.0. The molecule has 0 aliphatic carbocycles. The highest BCUT2D eigenvalue weighted by atomic mass is 32.2. The van der Waals surface area contributed by atoms with E-state index in [-0.39, 0.29) is 35.8 Å². The first kappa shape index (κ1) is 18.9. The van der Waals surface area contributed by atoms with Gasteiger partial charge in [0.25, 0.3) is 0 Å². The highest BCUT2D eigenvalue weighted by Crippen LogP contribution is 2.32. The lowest BCUT2D eigenvalue weighted by molar-refractivity contribution is -0.137. The van der Waals surface area contributed by atoms with Gasteiger partial charge in [0.15, 0.2) is 9.84 Å². The van der Waals surface area contributed by atoms with Crippen LogP contribution in [0.4, 0.5) is 5.69 Å². The molecule has 2 atom stereocenters. The Hall–Kier alpha value is -1.89. The van der Waals surface area contributed by atoms with E-state index in [0.717, 1.165) is 16.8 Å². The monoisotopic (exact) mass is 378 g/mol. The molecule has 3 rings (SSSR count). The van der Waals surface area contributed by atoms with Gasteiger partial charge < -0.3 is 9.80 Å². The predicted molar refractivity (Wildman–Crippen MR) is 101 cm³/mol. The Morgan fingerprint density at radius 1 is 1.27 bits per heavy atom. The van der Waals surface area contributed by atoms with Crippen LogP contribution in [-0.2, 0) is 19.4 Å². The van der Waals surface area contributed by atoms with Gasteiger partial charge in [-0.3, -0.25) is 9.59 Å². The van der Waals surface area contributed by atoms with Crippen LogP contribution in [0.5, 0.6) is 0 Å². The van der Waals surface area contributed by atoms with E-state index < -0.39 is 15.8 Å². The summed E-state index contributed by atoms with van der Waals surface area (Å²) in [6.07, 6.45) is 0.672. The van der Waals surface area contributed by atoms with Crippen molar-refractivity contribution >= 4 is 27.3 Å². The summed E-state index contributed by atoms with van der Waals surface area (Å²) in [6, 6.07) is 5.62. The molecule has 26 heavy (non-hydrogen) atoms. The number of benzene rings is 1. The fraction of sp³-hybridized carbons (Fsp3) is 0.579. The molecule has 2 fully saturated rings. The molecule has 2 amide bonds. The fourth-order valence-corrected chi connectivity index (χ4v) is 5.90. The highest BCUT2D eigenvalue weighted by Gasteiger charge is 2.41. The van der Waals surface area contributed by atoms with Gasteiger partial charge in [-0.25, -0.2) is 8.42 Å². The minimum absolute atomic E-state index is 0.0356. The van der Waals surface area contributed by atoms with E-state index in [1.165, 1.54) is 0 Å². The second kappa shape index (κ2) is 7.02. The molecule has 0 spiro atoms. The zero-order valence-electron chi connectivity index (χ0n) is 15.6. The zero-order chi connectivity index (χ0) is 19.1. The molecule has 0 radical (unpaired) electrons. The van der Waals surface area contributed by atoms with Crippen LogP contribution >= 0.6 is 0 Å². The van der Waals surface area contributed by atoms with E-state index in [9.17, 15) is 18.0 Å². The van der Waals surface area contributed by atoms with Crippen LogP contribution in [0, 0.1) is 19.8 Å². The largest absolute Gasteiger partial charge is 0.339 e. The van der Waals surface area contributed by atoms with Crippen molar-refractivity contribution in [2.45, 2.75) is 39.7 Å². The summed E-state index contributed by atoms with van der Waals surface area (Å²) in [7, 11) is -3.05. The van der Waals surface area contributed by atoms with E-state index in [2.05, 4.69) is 0 Å². The van der Waals surface area contributed by atoms with Crippen LogP contribution in [0.3, 0.4) is 0 Å². The second-order valence-electron chi connectivity index (χ2n) is 7.33. The third kappa shape index (κ3) is 3.49. The van der Waals surface area contributed by atoms with Gasteiger partial charge in [0.1, 0.15) is 0 Å². The number of rotatable bonds is 4. The molecular weight excluding hydrogens is 352 g/mol. The highest BCUT2D eigenvalue weighted by molar-refractivity contribution is 7.91. The van der Waals surface area contributed by atoms with Crippen LogP contribution in [0.25, 0.3) is 0 Å². The Labute approximate surface area is 155 Å². The first-order valence-electron chi connectivity index (χ1n) is 9.11. The molecule has 2 saturated heterocycles. The number of aryl methyl sites for hydroxylation is 2. The SMILES string of the molecule is CCN(C(=O)C1CC(=O)N(c2c(C)cccc2C)C1)C1CCS(=O)(=O)C1. The van der Waals surface area contributed by atoms with Gasteiger partial charge in [0.05, 0.1) is 17.4 Å². The predicted octanol–water partition coefficient (Wildman–Crippen LogP) is 1.69. The van der Waals surface area contributed by atoms with E-state index in [0.29, 0.717) is 19.5 Å². The molecule has 2 unspecified atom stereocenters. The lowest BCUT2D eigenvalue weighted by Crippen LogP contribution is -2.44. The Morgan fingerprint density at radius 2 is 1.92 bits per heavy atom. The summed E-state index contributed by atoms with van der Waals surface area (Å²) in [6.45, 7) is 6.62. The Kier molecular flexibility index (Phi) is 5.10. The van der Waals surface area contributed by atoms with E-state index >= 15 is 0 Å². The summed E-state index contributed by atoms with van der Waals surface area (Å²) >= 11 is 0. The molecule has 6 nitrogen and oxygen atoms in total. The molecule has 142 valence electrons. The smallest absolute Gasteiger partial charge is 0.228 e. The van der Waals surface area contributed by atoms with Crippen LogP contribution < -0.4 is 4.90 Å². The molecule has 2 aliphatic rings. The van der Waals surface area contributed by atoms with Gasteiger partial charge in [-0.2, -0.15) is 0 Å². The lowest BCUT2D eigenvalue weighted by Gasteiger charge is -2.29. The van der Waals surface area contributed by atoms with Gasteiger partial charge in [-0.15, -0.1) is 0 Å². The van der Waals surface area contributed by atoms with Crippen molar-refractivity contribution in [2.24, 2.45) is 5.92 Å². The summed E-state index contributed by atoms with van der Waals surface area (Å²) in [5, 5.41) is 0. The summed E-state index contributed by atoms with van der Waals surface area (Å²) in [5.41, 5.74) is 2.92. The molecule has 0 aromatic heterocycles. The minimum Gasteiger partial charge on any atom is -0.339 e. The van der Waals surface area contributed by atoms with Crippen LogP contribution in [-0.4, -0.2) is 55.8 Å². The topological polar surface area (TPSA) is 74.8 Å². The van der Waals surface area contributed by atoms with Crippen molar-refractivity contribution in [3.63, 3.8) is 0 Å². The standard InChI is InChI=1S/C19H26N2O4S/c1-4-20(16-8-9-26(24,25)12-16)19(23)15-10-17(22)21(11-15)18-13(2)6-5-7-14(18)3/h5-7,15-16H,4,8-12H2,1-3H3. The van der Waals surface area contributed by atoms with Crippen molar-refractivity contribution in [3.05, 3.63) is 29.3 Å². The second-order valence-corrected chi connectivity index (χ2v) is 9.56. The zero-order valence-corrected chi connectivity index (χ0v) is 16.4. The number of nitrogens with zero attached hydrogens (tertiary/aromatic N) is 2. The number of carbonyl (C=O) groups excluding carboxylic acids is 2. The third-order valence-corrected chi connectivity index (χ3v) is 7.21. The molecule has 2 aliphatic heterocycles. The van der Waals surface area contributed by atoms with E-state index in [1.54, 1.807) is 9.80 Å². The first-order chi connectivity index (χ1) is 12.2. The average Bonchev–Trinajstić information content (AvgIpc) is 3.11. The molecule has 0 N–H and O–H groups in total. The molecule has 1 aromatic rings. The van der Waals surface area contributed by atoms with Crippen LogP contribution in [0.1, 0.15) is 30.9 Å². The maximum absolute atomic E-state index is 13.0. The molecule has 0 saturated carbocycles. The van der Waals surface area contributed by atoms with Crippen LogP contribution in [0.2, 0.25) is 0 Å². The van der Waals surface area contributed by atoms with Crippen molar-refractivity contribution in [1.29, 1.82) is 0 Å². The van der Waals surface area contributed by atoms with Gasteiger partial charge >= 0.3 is 0 Å². The Balaban J connectivity index is 1.78. The number of para-hydroxylation sites is 1. The van der Waals surface area contributed by atoms with Gasteiger partial charge in [-0.1, -0.05) is 18.2 Å². The molecule has 2 heterocycles. The summed E-state index contributed by atoms with van der Waals surface area (Å²) in [5.74, 6) is -0.384. The number of hydrogen-bond donors (Lipinski definition) is 0. The van der Waals surface area contributed by atoms with Crippen LogP contribution in [0.15, 0.2) is 18.2 Å². The van der Waals surface area contributed by atoms with Gasteiger partial charge in [0, 0.05) is 31.2 Å². The Morgan fingerprint density at radius 3 is 2.46 bits per heavy atom. The van der Waals surface area contributed by atoms with Crippen molar-refractivity contribution in [1.82, 2.24) is 4.90 Å². The fourth-order valence-electron chi connectivity index (χ4n) is 4.17. The van der Waals surface area contributed by atoms with Crippen molar-refractivity contribution in [2.75, 3.05) is 29.5 Å². The molecule has 1 aromatic carbocycles. The molecule has 0 bridgehead atoms. The number of hydrogen-bond acceptors (Lipinski definition) is 4. The molecule has 7 heteroatoms. The Bertz CT molecular complexity index is 814. The first-order valence-corrected chi connectivity index (χ1v) is 10.9. The maximum Gasteiger partial charge on any atom is 0.228 e. The van der Waals surface area contributed by atoms with E-state index in [1.807, 2.05) is 39.0 Å². The lowest BCUT2D eigenvalue weighted by atomic mass is 10.0. The maximum atomic E-state index is 13.0. The third-order valence-electron chi connectivity index (χ3n) is 5.46. The normalized spacial score (nSPS) is 24.9. The number of amides is 2. The van der Waals surface area contributed by atoms with E-state index in [4.69, 9.17) is 0 Å². The van der Waals surface area contributed by atoms with Crippen molar-refractivity contribution in [3.8, 4) is 0 Å². The molecular formula is C19H26N2O4S. The van der Waals surface area contributed by atoms with Gasteiger partial charge in [0.2, 0.25) is 11.8 Å².